The van der Waals surface area contributed by atoms with Gasteiger partial charge < -0.3 is 10.0 Å². The molecule has 0 aliphatic carbocycles. The number of hydrogen-bond donors (Lipinski definition) is 1. The van der Waals surface area contributed by atoms with Gasteiger partial charge >= 0.3 is 6.18 Å². The second-order valence-electron chi connectivity index (χ2n) is 5.62. The van der Waals surface area contributed by atoms with Crippen LogP contribution < -0.4 is 0 Å². The first kappa shape index (κ1) is 16.4. The number of benzene rings is 1. The maximum atomic E-state index is 12.8. The summed E-state index contributed by atoms with van der Waals surface area (Å²) in [5.74, 6) is -0.347. The molecule has 2 aromatic rings. The molecule has 1 saturated heterocycles. The molecule has 1 aromatic heterocycles. The minimum absolute atomic E-state index is 0.0591. The quantitative estimate of drug-likeness (QED) is 0.906. The van der Waals surface area contributed by atoms with Crippen LogP contribution in [0.2, 0.25) is 0 Å². The molecular formula is C15H15F3N4O2. The highest BCUT2D eigenvalue weighted by Gasteiger charge is 2.31. The van der Waals surface area contributed by atoms with Crippen LogP contribution in [0.4, 0.5) is 13.2 Å². The number of aliphatic hydroxyl groups excluding tert-OH is 1. The second kappa shape index (κ2) is 6.23. The molecule has 0 spiro atoms. The molecule has 9 heteroatoms. The number of halogens is 3. The van der Waals surface area contributed by atoms with Crippen LogP contribution in [0, 0.1) is 0 Å². The molecule has 0 bridgehead atoms. The van der Waals surface area contributed by atoms with Gasteiger partial charge in [-0.15, -0.1) is 5.10 Å². The molecular weight excluding hydrogens is 325 g/mol. The van der Waals surface area contributed by atoms with Crippen molar-refractivity contribution in [2.75, 3.05) is 13.1 Å². The maximum absolute atomic E-state index is 12.8. The van der Waals surface area contributed by atoms with Gasteiger partial charge in [-0.25, -0.2) is 4.68 Å². The molecule has 1 aliphatic rings. The molecule has 1 amide bonds. The Kier molecular flexibility index (Phi) is 4.27. The van der Waals surface area contributed by atoms with Crippen molar-refractivity contribution in [3.8, 4) is 5.69 Å². The molecule has 2 heterocycles. The van der Waals surface area contributed by atoms with Gasteiger partial charge in [0, 0.05) is 13.1 Å². The lowest BCUT2D eigenvalue weighted by Gasteiger charge is -2.28. The third-order valence-electron chi connectivity index (χ3n) is 3.90. The van der Waals surface area contributed by atoms with Gasteiger partial charge in [-0.3, -0.25) is 4.79 Å². The van der Waals surface area contributed by atoms with Crippen molar-refractivity contribution in [2.45, 2.75) is 25.1 Å². The molecule has 128 valence electrons. The summed E-state index contributed by atoms with van der Waals surface area (Å²) in [5, 5.41) is 17.0. The van der Waals surface area contributed by atoms with Gasteiger partial charge in [-0.05, 0) is 31.0 Å². The molecule has 3 rings (SSSR count). The summed E-state index contributed by atoms with van der Waals surface area (Å²) >= 11 is 0. The van der Waals surface area contributed by atoms with Crippen molar-refractivity contribution in [1.82, 2.24) is 19.9 Å². The van der Waals surface area contributed by atoms with Crippen molar-refractivity contribution in [1.29, 1.82) is 0 Å². The zero-order chi connectivity index (χ0) is 17.3. The number of aromatic nitrogens is 3. The van der Waals surface area contributed by atoms with E-state index in [4.69, 9.17) is 0 Å². The van der Waals surface area contributed by atoms with E-state index in [1.165, 1.54) is 18.3 Å². The molecule has 0 radical (unpaired) electrons. The van der Waals surface area contributed by atoms with Gasteiger partial charge in [0.05, 0.1) is 23.6 Å². The number of carbonyl (C=O) groups excluding carboxylic acids is 1. The fraction of sp³-hybridized carbons (Fsp3) is 0.400. The summed E-state index contributed by atoms with van der Waals surface area (Å²) in [4.78, 5) is 13.9. The molecule has 1 aromatic carbocycles. The third kappa shape index (κ3) is 3.40. The minimum Gasteiger partial charge on any atom is -0.393 e. The topological polar surface area (TPSA) is 71.2 Å². The largest absolute Gasteiger partial charge is 0.416 e. The molecule has 6 nitrogen and oxygen atoms in total. The Labute approximate surface area is 135 Å². The number of hydrogen-bond acceptors (Lipinski definition) is 4. The average Bonchev–Trinajstić information content (AvgIpc) is 3.04. The SMILES string of the molecule is O=C(c1cn(-c2cccc(C(F)(F)F)c2)nn1)N1CCC(O)CC1. The number of likely N-dealkylation sites (tertiary alicyclic amines) is 1. The first-order chi connectivity index (χ1) is 11.3. The summed E-state index contributed by atoms with van der Waals surface area (Å²) in [6, 6.07) is 4.63. The number of piperidine rings is 1. The summed E-state index contributed by atoms with van der Waals surface area (Å²) in [7, 11) is 0. The molecule has 1 fully saturated rings. The number of amides is 1. The Morgan fingerprint density at radius 2 is 1.96 bits per heavy atom. The van der Waals surface area contributed by atoms with E-state index in [1.54, 1.807) is 4.90 Å². The summed E-state index contributed by atoms with van der Waals surface area (Å²) in [6.45, 7) is 0.826. The van der Waals surface area contributed by atoms with E-state index in [2.05, 4.69) is 10.3 Å². The third-order valence-corrected chi connectivity index (χ3v) is 3.90. The van der Waals surface area contributed by atoms with Gasteiger partial charge in [-0.2, -0.15) is 13.2 Å². The normalized spacial score (nSPS) is 16.4. The Bertz CT molecular complexity index is 736. The van der Waals surface area contributed by atoms with E-state index in [0.717, 1.165) is 16.8 Å². The molecule has 1 aliphatic heterocycles. The molecule has 24 heavy (non-hydrogen) atoms. The van der Waals surface area contributed by atoms with Crippen LogP contribution in [0.3, 0.4) is 0 Å². The van der Waals surface area contributed by atoms with Gasteiger partial charge in [0.2, 0.25) is 0 Å². The lowest BCUT2D eigenvalue weighted by atomic mass is 10.1. The number of carbonyl (C=O) groups is 1. The lowest BCUT2D eigenvalue weighted by Crippen LogP contribution is -2.40. The van der Waals surface area contributed by atoms with Crippen LogP contribution in [0.25, 0.3) is 5.69 Å². The summed E-state index contributed by atoms with van der Waals surface area (Å²) < 4.78 is 39.4. The highest BCUT2D eigenvalue weighted by molar-refractivity contribution is 5.92. The van der Waals surface area contributed by atoms with Crippen LogP contribution in [-0.4, -0.2) is 50.1 Å². The van der Waals surface area contributed by atoms with E-state index < -0.39 is 17.8 Å². The van der Waals surface area contributed by atoms with Gasteiger partial charge in [-0.1, -0.05) is 11.3 Å². The first-order valence-electron chi connectivity index (χ1n) is 7.42. The van der Waals surface area contributed by atoms with E-state index in [-0.39, 0.29) is 17.3 Å². The number of alkyl halides is 3. The van der Waals surface area contributed by atoms with Crippen LogP contribution in [-0.2, 0) is 6.18 Å². The Morgan fingerprint density at radius 1 is 1.25 bits per heavy atom. The van der Waals surface area contributed by atoms with E-state index in [9.17, 15) is 23.1 Å². The Balaban J connectivity index is 1.79. The average molecular weight is 340 g/mol. The molecule has 1 N–H and O–H groups in total. The zero-order valence-corrected chi connectivity index (χ0v) is 12.6. The smallest absolute Gasteiger partial charge is 0.393 e. The van der Waals surface area contributed by atoms with Crippen molar-refractivity contribution < 1.29 is 23.1 Å². The first-order valence-corrected chi connectivity index (χ1v) is 7.42. The van der Waals surface area contributed by atoms with Gasteiger partial charge in [0.1, 0.15) is 0 Å². The number of nitrogens with zero attached hydrogens (tertiary/aromatic N) is 4. The Morgan fingerprint density at radius 3 is 2.62 bits per heavy atom. The fourth-order valence-corrected chi connectivity index (χ4v) is 2.54. The van der Waals surface area contributed by atoms with Crippen LogP contribution in [0.1, 0.15) is 28.9 Å². The summed E-state index contributed by atoms with van der Waals surface area (Å²) in [5.41, 5.74) is -0.567. The number of rotatable bonds is 2. The Hall–Kier alpha value is -2.42. The molecule has 0 atom stereocenters. The maximum Gasteiger partial charge on any atom is 0.416 e. The van der Waals surface area contributed by atoms with Gasteiger partial charge in [0.25, 0.3) is 5.91 Å². The minimum atomic E-state index is -4.45. The van der Waals surface area contributed by atoms with Crippen LogP contribution >= 0.6 is 0 Å². The highest BCUT2D eigenvalue weighted by Crippen LogP contribution is 2.30. The zero-order valence-electron chi connectivity index (χ0n) is 12.6. The van der Waals surface area contributed by atoms with E-state index in [1.807, 2.05) is 0 Å². The van der Waals surface area contributed by atoms with Crippen molar-refractivity contribution in [3.63, 3.8) is 0 Å². The number of aliphatic hydroxyl groups is 1. The van der Waals surface area contributed by atoms with Crippen LogP contribution in [0.15, 0.2) is 30.5 Å². The fourth-order valence-electron chi connectivity index (χ4n) is 2.54. The van der Waals surface area contributed by atoms with Crippen molar-refractivity contribution in [2.24, 2.45) is 0 Å². The standard InChI is InChI=1S/C15H15F3N4O2/c16-15(17,18)10-2-1-3-11(8-10)22-9-13(19-20-22)14(24)21-6-4-12(23)5-7-21/h1-3,8-9,12,23H,4-7H2. The van der Waals surface area contributed by atoms with Crippen LogP contribution in [0.5, 0.6) is 0 Å². The molecule has 0 unspecified atom stereocenters. The summed E-state index contributed by atoms with van der Waals surface area (Å²) in [6.07, 6.45) is -2.57. The lowest BCUT2D eigenvalue weighted by molar-refractivity contribution is -0.137. The molecule has 0 saturated carbocycles. The predicted octanol–water partition coefficient (Wildman–Crippen LogP) is 1.88. The van der Waals surface area contributed by atoms with E-state index >= 15 is 0 Å². The van der Waals surface area contributed by atoms with Crippen molar-refractivity contribution in [3.05, 3.63) is 41.7 Å². The monoisotopic (exact) mass is 340 g/mol. The van der Waals surface area contributed by atoms with Gasteiger partial charge in [0.15, 0.2) is 5.69 Å². The highest BCUT2D eigenvalue weighted by atomic mass is 19.4. The van der Waals surface area contributed by atoms with Crippen molar-refractivity contribution >= 4 is 5.91 Å². The predicted molar refractivity (Wildman–Crippen MR) is 77.5 cm³/mol. The second-order valence-corrected chi connectivity index (χ2v) is 5.62. The van der Waals surface area contributed by atoms with E-state index in [0.29, 0.717) is 25.9 Å².